The Kier molecular flexibility index (Phi) is 8.57. The highest BCUT2D eigenvalue weighted by molar-refractivity contribution is 5.80. The summed E-state index contributed by atoms with van der Waals surface area (Å²) in [5.74, 6) is 2.34. The molecule has 2 heterocycles. The summed E-state index contributed by atoms with van der Waals surface area (Å²) in [6.45, 7) is 8.19. The van der Waals surface area contributed by atoms with Crippen LogP contribution in [0.5, 0.6) is 0 Å². The van der Waals surface area contributed by atoms with Gasteiger partial charge in [0.1, 0.15) is 0 Å². The molecule has 4 rings (SSSR count). The van der Waals surface area contributed by atoms with Crippen molar-refractivity contribution in [3.8, 4) is 0 Å². The molecule has 2 aliphatic rings. The summed E-state index contributed by atoms with van der Waals surface area (Å²) >= 11 is 0. The molecule has 5 nitrogen and oxygen atoms in total. The van der Waals surface area contributed by atoms with E-state index in [1.807, 2.05) is 13.1 Å². The fourth-order valence-corrected chi connectivity index (χ4v) is 4.86. The summed E-state index contributed by atoms with van der Waals surface area (Å²) in [6, 6.07) is 21.3. The van der Waals surface area contributed by atoms with E-state index in [2.05, 4.69) is 74.7 Å². The van der Waals surface area contributed by atoms with E-state index >= 15 is 0 Å². The van der Waals surface area contributed by atoms with Crippen LogP contribution in [0.25, 0.3) is 0 Å². The van der Waals surface area contributed by atoms with Gasteiger partial charge in [-0.15, -0.1) is 0 Å². The Morgan fingerprint density at radius 1 is 0.938 bits per heavy atom. The molecule has 5 heteroatoms. The van der Waals surface area contributed by atoms with Crippen LogP contribution < -0.4 is 5.32 Å². The maximum Gasteiger partial charge on any atom is 0.193 e. The van der Waals surface area contributed by atoms with Crippen LogP contribution in [0, 0.1) is 11.8 Å². The lowest BCUT2D eigenvalue weighted by Gasteiger charge is -2.23. The molecule has 0 saturated carbocycles. The second-order valence-corrected chi connectivity index (χ2v) is 9.22. The summed E-state index contributed by atoms with van der Waals surface area (Å²) < 4.78 is 5.98. The van der Waals surface area contributed by atoms with E-state index in [1.165, 1.54) is 37.1 Å². The third-order valence-corrected chi connectivity index (χ3v) is 6.74. The standard InChI is InChI=1S/C27H38N4O/c1-28-27(31-17-14-26(20-31)22-32-21-24-10-6-3-7-11-24)29-18-25-13-16-30(19-25)15-12-23-8-4-2-5-9-23/h2-11,25-26H,12-22H2,1H3,(H,28,29). The second-order valence-electron chi connectivity index (χ2n) is 9.22. The number of rotatable bonds is 9. The molecule has 0 aliphatic carbocycles. The van der Waals surface area contributed by atoms with Gasteiger partial charge in [0.15, 0.2) is 5.96 Å². The number of ether oxygens (including phenoxy) is 1. The summed E-state index contributed by atoms with van der Waals surface area (Å²) in [5, 5.41) is 3.66. The Labute approximate surface area is 193 Å². The SMILES string of the molecule is CN=C(NCC1CCN(CCc2ccccc2)C1)N1CCC(COCc2ccccc2)C1. The quantitative estimate of drug-likeness (QED) is 0.483. The van der Waals surface area contributed by atoms with Gasteiger partial charge >= 0.3 is 0 Å². The van der Waals surface area contributed by atoms with E-state index < -0.39 is 0 Å². The zero-order valence-electron chi connectivity index (χ0n) is 19.5. The van der Waals surface area contributed by atoms with Crippen LogP contribution in [0.15, 0.2) is 65.7 Å². The maximum atomic E-state index is 5.98. The molecule has 0 aromatic heterocycles. The van der Waals surface area contributed by atoms with Gasteiger partial charge in [0.2, 0.25) is 0 Å². The van der Waals surface area contributed by atoms with Gasteiger partial charge in [-0.05, 0) is 42.9 Å². The van der Waals surface area contributed by atoms with Crippen molar-refractivity contribution in [3.63, 3.8) is 0 Å². The highest BCUT2D eigenvalue weighted by atomic mass is 16.5. The first kappa shape index (κ1) is 22.8. The van der Waals surface area contributed by atoms with E-state index in [9.17, 15) is 0 Å². The summed E-state index contributed by atoms with van der Waals surface area (Å²) in [6.07, 6.45) is 3.59. The number of hydrogen-bond acceptors (Lipinski definition) is 3. The van der Waals surface area contributed by atoms with Crippen LogP contribution in [0.1, 0.15) is 24.0 Å². The number of likely N-dealkylation sites (tertiary alicyclic amines) is 2. The van der Waals surface area contributed by atoms with Crippen molar-refractivity contribution in [1.29, 1.82) is 0 Å². The zero-order chi connectivity index (χ0) is 22.0. The minimum atomic E-state index is 0.581. The lowest BCUT2D eigenvalue weighted by atomic mass is 10.1. The number of nitrogens with zero attached hydrogens (tertiary/aromatic N) is 3. The molecule has 2 unspecified atom stereocenters. The Balaban J connectivity index is 1.13. The fourth-order valence-electron chi connectivity index (χ4n) is 4.86. The Morgan fingerprint density at radius 2 is 1.66 bits per heavy atom. The van der Waals surface area contributed by atoms with Gasteiger partial charge in [0.25, 0.3) is 0 Å². The van der Waals surface area contributed by atoms with Crippen LogP contribution in [0.4, 0.5) is 0 Å². The molecule has 0 amide bonds. The molecule has 1 N–H and O–H groups in total. The average molecular weight is 435 g/mol. The molecule has 172 valence electrons. The van der Waals surface area contributed by atoms with Gasteiger partial charge in [-0.3, -0.25) is 4.99 Å². The molecule has 2 fully saturated rings. The van der Waals surface area contributed by atoms with E-state index in [0.29, 0.717) is 18.4 Å². The van der Waals surface area contributed by atoms with Crippen molar-refractivity contribution in [1.82, 2.24) is 15.1 Å². The largest absolute Gasteiger partial charge is 0.376 e. The Hall–Kier alpha value is -2.37. The smallest absolute Gasteiger partial charge is 0.193 e. The van der Waals surface area contributed by atoms with Crippen LogP contribution in [-0.2, 0) is 17.8 Å². The molecule has 2 aromatic carbocycles. The molecule has 2 aromatic rings. The summed E-state index contributed by atoms with van der Waals surface area (Å²) in [5.41, 5.74) is 2.68. The predicted molar refractivity (Wildman–Crippen MR) is 132 cm³/mol. The van der Waals surface area contributed by atoms with Gasteiger partial charge in [-0.25, -0.2) is 0 Å². The van der Waals surface area contributed by atoms with E-state index in [0.717, 1.165) is 45.2 Å². The molecule has 2 atom stereocenters. The fraction of sp³-hybridized carbons (Fsp3) is 0.519. The molecular formula is C27H38N4O. The van der Waals surface area contributed by atoms with Gasteiger partial charge in [-0.2, -0.15) is 0 Å². The van der Waals surface area contributed by atoms with Crippen molar-refractivity contribution in [2.45, 2.75) is 25.9 Å². The van der Waals surface area contributed by atoms with Crippen LogP contribution >= 0.6 is 0 Å². The Morgan fingerprint density at radius 3 is 2.41 bits per heavy atom. The molecule has 2 aliphatic heterocycles. The number of benzene rings is 2. The number of guanidine groups is 1. The predicted octanol–water partition coefficient (Wildman–Crippen LogP) is 3.67. The molecule has 0 spiro atoms. The van der Waals surface area contributed by atoms with E-state index in [4.69, 9.17) is 4.74 Å². The van der Waals surface area contributed by atoms with Crippen molar-refractivity contribution in [2.24, 2.45) is 16.8 Å². The van der Waals surface area contributed by atoms with Crippen molar-refractivity contribution >= 4 is 5.96 Å². The molecule has 32 heavy (non-hydrogen) atoms. The minimum Gasteiger partial charge on any atom is -0.376 e. The van der Waals surface area contributed by atoms with Crippen LogP contribution in [0.2, 0.25) is 0 Å². The third kappa shape index (κ3) is 6.81. The summed E-state index contributed by atoms with van der Waals surface area (Å²) in [4.78, 5) is 9.58. The highest BCUT2D eigenvalue weighted by Crippen LogP contribution is 2.19. The normalized spacial score (nSPS) is 21.9. The molecule has 0 radical (unpaired) electrons. The number of nitrogens with one attached hydrogen (secondary N) is 1. The first-order chi connectivity index (χ1) is 15.8. The van der Waals surface area contributed by atoms with Crippen molar-refractivity contribution in [3.05, 3.63) is 71.8 Å². The zero-order valence-corrected chi connectivity index (χ0v) is 19.5. The van der Waals surface area contributed by atoms with E-state index in [1.54, 1.807) is 0 Å². The van der Waals surface area contributed by atoms with Gasteiger partial charge in [0, 0.05) is 45.7 Å². The van der Waals surface area contributed by atoms with Crippen LogP contribution in [-0.4, -0.2) is 68.7 Å². The van der Waals surface area contributed by atoms with Crippen molar-refractivity contribution in [2.75, 3.05) is 52.9 Å². The lowest BCUT2D eigenvalue weighted by molar-refractivity contribution is 0.0906. The maximum absolute atomic E-state index is 5.98. The van der Waals surface area contributed by atoms with Crippen molar-refractivity contribution < 1.29 is 4.74 Å². The number of hydrogen-bond donors (Lipinski definition) is 1. The molecular weight excluding hydrogens is 396 g/mol. The van der Waals surface area contributed by atoms with E-state index in [-0.39, 0.29) is 0 Å². The average Bonchev–Trinajstić information content (AvgIpc) is 3.50. The number of aliphatic imine (C=N–C) groups is 1. The molecule has 2 saturated heterocycles. The summed E-state index contributed by atoms with van der Waals surface area (Å²) in [7, 11) is 1.91. The Bertz CT molecular complexity index is 826. The van der Waals surface area contributed by atoms with Crippen LogP contribution in [0.3, 0.4) is 0 Å². The van der Waals surface area contributed by atoms with Gasteiger partial charge in [0.05, 0.1) is 13.2 Å². The second kappa shape index (κ2) is 12.0. The van der Waals surface area contributed by atoms with Gasteiger partial charge in [-0.1, -0.05) is 60.7 Å². The first-order valence-electron chi connectivity index (χ1n) is 12.1. The monoisotopic (exact) mass is 434 g/mol. The molecule has 0 bridgehead atoms. The third-order valence-electron chi connectivity index (χ3n) is 6.74. The lowest BCUT2D eigenvalue weighted by Crippen LogP contribution is -2.42. The topological polar surface area (TPSA) is 40.1 Å². The minimum absolute atomic E-state index is 0.581. The van der Waals surface area contributed by atoms with Gasteiger partial charge < -0.3 is 19.9 Å². The highest BCUT2D eigenvalue weighted by Gasteiger charge is 2.27. The first-order valence-corrected chi connectivity index (χ1v) is 12.1.